The number of carbonyl (C=O) groups excluding carboxylic acids is 1. The molecule has 0 aromatic heterocycles. The Labute approximate surface area is 145 Å². The van der Waals surface area contributed by atoms with Crippen LogP contribution >= 0.6 is 0 Å². The van der Waals surface area contributed by atoms with Crippen molar-refractivity contribution in [3.63, 3.8) is 0 Å². The maximum Gasteiger partial charge on any atom is 0.309 e. The molecule has 0 N–H and O–H groups in total. The lowest BCUT2D eigenvalue weighted by Gasteiger charge is -2.43. The standard InChI is InChI=1S/C20H36O2Si/c1-2-18(15-9-3-4-10-15)20(23,16-11-5-6-12-16)19(21)22-17-13-7-8-14-17/h15-18H,2-14H2,1,23H3. The fourth-order valence-corrected chi connectivity index (χ4v) is 7.61. The van der Waals surface area contributed by atoms with E-state index in [-0.39, 0.29) is 17.1 Å². The van der Waals surface area contributed by atoms with Crippen molar-refractivity contribution < 1.29 is 9.53 Å². The Hall–Kier alpha value is -0.313. The monoisotopic (exact) mass is 336 g/mol. The highest BCUT2D eigenvalue weighted by Crippen LogP contribution is 2.55. The van der Waals surface area contributed by atoms with Gasteiger partial charge >= 0.3 is 5.97 Å². The fraction of sp³-hybridized carbons (Fsp3) is 0.950. The first-order chi connectivity index (χ1) is 11.2. The van der Waals surface area contributed by atoms with Crippen molar-refractivity contribution >= 4 is 16.2 Å². The summed E-state index contributed by atoms with van der Waals surface area (Å²) >= 11 is 0. The highest BCUT2D eigenvalue weighted by molar-refractivity contribution is 6.27. The SMILES string of the molecule is CCC(C1CCCC1)C([SiH3])(C(=O)OC1CCCC1)C1CCCC1. The summed E-state index contributed by atoms with van der Waals surface area (Å²) in [5.74, 6) is 2.22. The number of hydrogen-bond donors (Lipinski definition) is 0. The molecule has 3 rings (SSSR count). The zero-order valence-electron chi connectivity index (χ0n) is 15.3. The average molecular weight is 337 g/mol. The molecular weight excluding hydrogens is 300 g/mol. The Balaban J connectivity index is 1.80. The highest BCUT2D eigenvalue weighted by atomic mass is 28.1. The smallest absolute Gasteiger partial charge is 0.309 e. The molecule has 2 atom stereocenters. The lowest BCUT2D eigenvalue weighted by Crippen LogP contribution is -2.43. The van der Waals surface area contributed by atoms with E-state index in [2.05, 4.69) is 6.92 Å². The summed E-state index contributed by atoms with van der Waals surface area (Å²) in [6.07, 6.45) is 16.8. The Kier molecular flexibility index (Phi) is 5.87. The molecule has 3 aliphatic carbocycles. The summed E-state index contributed by atoms with van der Waals surface area (Å²) in [6.45, 7) is 2.33. The number of ether oxygens (including phenoxy) is 1. The minimum absolute atomic E-state index is 0.0944. The Morgan fingerprint density at radius 1 is 1.00 bits per heavy atom. The minimum Gasteiger partial charge on any atom is -0.462 e. The summed E-state index contributed by atoms with van der Waals surface area (Å²) in [6, 6.07) is 0. The van der Waals surface area contributed by atoms with E-state index in [1.807, 2.05) is 0 Å². The molecule has 23 heavy (non-hydrogen) atoms. The van der Waals surface area contributed by atoms with Crippen molar-refractivity contribution in [1.82, 2.24) is 0 Å². The zero-order chi connectivity index (χ0) is 16.3. The van der Waals surface area contributed by atoms with Crippen molar-refractivity contribution in [1.29, 1.82) is 0 Å². The van der Waals surface area contributed by atoms with Gasteiger partial charge in [0, 0.05) is 10.2 Å². The van der Waals surface area contributed by atoms with Gasteiger partial charge in [-0.1, -0.05) is 51.9 Å². The van der Waals surface area contributed by atoms with E-state index >= 15 is 0 Å². The van der Waals surface area contributed by atoms with E-state index in [0.717, 1.165) is 29.0 Å². The Morgan fingerprint density at radius 2 is 1.52 bits per heavy atom. The summed E-state index contributed by atoms with van der Waals surface area (Å²) in [5.41, 5.74) is 0. The maximum atomic E-state index is 13.4. The molecule has 3 heteroatoms. The van der Waals surface area contributed by atoms with Crippen molar-refractivity contribution in [2.75, 3.05) is 0 Å². The quantitative estimate of drug-likeness (QED) is 0.531. The molecule has 3 fully saturated rings. The molecule has 0 bridgehead atoms. The molecule has 132 valence electrons. The summed E-state index contributed by atoms with van der Waals surface area (Å²) < 4.78 is 6.13. The van der Waals surface area contributed by atoms with E-state index in [1.54, 1.807) is 0 Å². The molecule has 2 nitrogen and oxygen atoms in total. The van der Waals surface area contributed by atoms with Crippen LogP contribution in [0.4, 0.5) is 0 Å². The molecule has 2 unspecified atom stereocenters. The molecule has 0 aromatic carbocycles. The van der Waals surface area contributed by atoms with Crippen LogP contribution in [0.1, 0.15) is 90.4 Å². The summed E-state index contributed by atoms with van der Waals surface area (Å²) in [4.78, 5) is 13.4. The van der Waals surface area contributed by atoms with Gasteiger partial charge in [-0.15, -0.1) is 0 Å². The van der Waals surface area contributed by atoms with Crippen LogP contribution in [0.5, 0.6) is 0 Å². The van der Waals surface area contributed by atoms with Crippen LogP contribution in [-0.4, -0.2) is 22.3 Å². The van der Waals surface area contributed by atoms with Crippen molar-refractivity contribution in [3.05, 3.63) is 0 Å². The predicted octanol–water partition coefficient (Wildman–Crippen LogP) is 4.40. The first-order valence-corrected chi connectivity index (χ1v) is 11.4. The Morgan fingerprint density at radius 3 is 2.09 bits per heavy atom. The normalized spacial score (nSPS) is 28.2. The van der Waals surface area contributed by atoms with E-state index in [0.29, 0.717) is 11.8 Å². The van der Waals surface area contributed by atoms with Crippen LogP contribution in [0, 0.1) is 17.8 Å². The molecule has 0 amide bonds. The summed E-state index contributed by atoms with van der Waals surface area (Å²) in [5, 5.41) is -0.0944. The fourth-order valence-electron chi connectivity index (χ4n) is 6.04. The lowest BCUT2D eigenvalue weighted by atomic mass is 9.71. The molecule has 0 aromatic rings. The van der Waals surface area contributed by atoms with Crippen LogP contribution < -0.4 is 0 Å². The van der Waals surface area contributed by atoms with Crippen molar-refractivity contribution in [2.45, 2.75) is 102 Å². The van der Waals surface area contributed by atoms with Gasteiger partial charge in [0.15, 0.2) is 0 Å². The first kappa shape index (κ1) is 17.5. The predicted molar refractivity (Wildman–Crippen MR) is 98.7 cm³/mol. The second-order valence-electron chi connectivity index (χ2n) is 8.64. The molecule has 0 spiro atoms. The molecule has 0 saturated heterocycles. The zero-order valence-corrected chi connectivity index (χ0v) is 17.3. The number of rotatable bonds is 6. The van der Waals surface area contributed by atoms with E-state index in [4.69, 9.17) is 4.74 Å². The van der Waals surface area contributed by atoms with Crippen LogP contribution in [0.15, 0.2) is 0 Å². The highest BCUT2D eigenvalue weighted by Gasteiger charge is 2.51. The molecule has 3 aliphatic rings. The van der Waals surface area contributed by atoms with Gasteiger partial charge in [-0.2, -0.15) is 0 Å². The van der Waals surface area contributed by atoms with Gasteiger partial charge in [0.2, 0.25) is 0 Å². The number of hydrogen-bond acceptors (Lipinski definition) is 2. The van der Waals surface area contributed by atoms with Crippen LogP contribution in [-0.2, 0) is 9.53 Å². The minimum atomic E-state index is -0.0944. The molecule has 0 aliphatic heterocycles. The summed E-state index contributed by atoms with van der Waals surface area (Å²) in [7, 11) is 0.979. The van der Waals surface area contributed by atoms with Gasteiger partial charge in [-0.05, 0) is 56.3 Å². The number of carbonyl (C=O) groups is 1. The number of esters is 1. The third-order valence-corrected chi connectivity index (χ3v) is 9.36. The molecule has 0 radical (unpaired) electrons. The van der Waals surface area contributed by atoms with E-state index < -0.39 is 0 Å². The van der Waals surface area contributed by atoms with Crippen LogP contribution in [0.2, 0.25) is 5.04 Å². The van der Waals surface area contributed by atoms with Gasteiger partial charge in [-0.3, -0.25) is 4.79 Å². The van der Waals surface area contributed by atoms with Crippen LogP contribution in [0.3, 0.4) is 0 Å². The van der Waals surface area contributed by atoms with E-state index in [1.165, 1.54) is 70.6 Å². The topological polar surface area (TPSA) is 26.3 Å². The maximum absolute atomic E-state index is 13.4. The second kappa shape index (κ2) is 7.71. The first-order valence-electron chi connectivity index (χ1n) is 10.4. The molecular formula is C20H36O2Si. The largest absolute Gasteiger partial charge is 0.462 e. The van der Waals surface area contributed by atoms with Crippen molar-refractivity contribution in [2.24, 2.45) is 17.8 Å². The Bertz CT molecular complexity index is 392. The molecule has 3 saturated carbocycles. The van der Waals surface area contributed by atoms with Gasteiger partial charge in [0.1, 0.15) is 6.10 Å². The van der Waals surface area contributed by atoms with Crippen LogP contribution in [0.25, 0.3) is 0 Å². The van der Waals surface area contributed by atoms with Gasteiger partial charge in [0.25, 0.3) is 0 Å². The molecule has 0 heterocycles. The lowest BCUT2D eigenvalue weighted by molar-refractivity contribution is -0.157. The third-order valence-electron chi connectivity index (χ3n) is 7.40. The van der Waals surface area contributed by atoms with Crippen molar-refractivity contribution in [3.8, 4) is 0 Å². The second-order valence-corrected chi connectivity index (χ2v) is 10.3. The van der Waals surface area contributed by atoms with Gasteiger partial charge in [0.05, 0.1) is 5.04 Å². The van der Waals surface area contributed by atoms with Gasteiger partial charge < -0.3 is 4.74 Å². The third kappa shape index (κ3) is 3.55. The van der Waals surface area contributed by atoms with E-state index in [9.17, 15) is 4.79 Å². The van der Waals surface area contributed by atoms with Gasteiger partial charge in [-0.25, -0.2) is 0 Å². The average Bonchev–Trinajstić information content (AvgIpc) is 3.30.